The molecule has 4 nitrogen and oxygen atoms in total. The molecule has 1 N–H and O–H groups in total. The molecular weight excluding hydrogens is 226 g/mol. The number of nitriles is 1. The van der Waals surface area contributed by atoms with Crippen LogP contribution in [0.1, 0.15) is 5.56 Å². The Morgan fingerprint density at radius 3 is 3.00 bits per heavy atom. The minimum atomic E-state index is -0.0323. The highest BCUT2D eigenvalue weighted by atomic mass is 35.5. The Balaban J connectivity index is 2.36. The molecule has 0 atom stereocenters. The van der Waals surface area contributed by atoms with Crippen LogP contribution in [-0.4, -0.2) is 25.5 Å². The summed E-state index contributed by atoms with van der Waals surface area (Å²) < 4.78 is 0. The van der Waals surface area contributed by atoms with Gasteiger partial charge < -0.3 is 10.2 Å². The molecular formula is C11H10ClN3O. The summed E-state index contributed by atoms with van der Waals surface area (Å²) in [6, 6.07) is 7.34. The highest BCUT2D eigenvalue weighted by molar-refractivity contribution is 6.32. The summed E-state index contributed by atoms with van der Waals surface area (Å²) in [5.74, 6) is -0.0323. The summed E-state index contributed by atoms with van der Waals surface area (Å²) in [4.78, 5) is 13.1. The first-order valence-corrected chi connectivity index (χ1v) is 5.30. The number of halogens is 1. The largest absolute Gasteiger partial charge is 0.359 e. The molecule has 0 aliphatic carbocycles. The molecule has 16 heavy (non-hydrogen) atoms. The molecule has 0 unspecified atom stereocenters. The van der Waals surface area contributed by atoms with Gasteiger partial charge in [-0.05, 0) is 12.1 Å². The van der Waals surface area contributed by atoms with E-state index in [1.165, 1.54) is 0 Å². The van der Waals surface area contributed by atoms with Crippen LogP contribution < -0.4 is 10.2 Å². The van der Waals surface area contributed by atoms with Crippen molar-refractivity contribution in [1.29, 1.82) is 5.26 Å². The van der Waals surface area contributed by atoms with Gasteiger partial charge in [0.2, 0.25) is 5.91 Å². The van der Waals surface area contributed by atoms with Crippen molar-refractivity contribution in [2.24, 2.45) is 0 Å². The molecule has 1 aromatic rings. The Morgan fingerprint density at radius 2 is 2.31 bits per heavy atom. The Bertz CT molecular complexity index is 467. The van der Waals surface area contributed by atoms with Gasteiger partial charge in [0.25, 0.3) is 0 Å². The minimum Gasteiger partial charge on any atom is -0.359 e. The maximum atomic E-state index is 11.3. The Kier molecular flexibility index (Phi) is 2.97. The van der Waals surface area contributed by atoms with Crippen LogP contribution >= 0.6 is 11.6 Å². The Hall–Kier alpha value is -1.73. The molecule has 0 aromatic heterocycles. The van der Waals surface area contributed by atoms with Crippen LogP contribution in [0.15, 0.2) is 18.2 Å². The third-order valence-corrected chi connectivity index (χ3v) is 2.80. The molecule has 1 aliphatic heterocycles. The average molecular weight is 236 g/mol. The average Bonchev–Trinajstić information content (AvgIpc) is 2.28. The maximum Gasteiger partial charge on any atom is 0.239 e. The molecule has 5 heteroatoms. The third kappa shape index (κ3) is 1.95. The zero-order chi connectivity index (χ0) is 11.5. The van der Waals surface area contributed by atoms with Gasteiger partial charge in [0, 0.05) is 13.1 Å². The van der Waals surface area contributed by atoms with Crippen LogP contribution in [0.25, 0.3) is 0 Å². The number of carbonyl (C=O) groups is 1. The van der Waals surface area contributed by atoms with Gasteiger partial charge in [-0.2, -0.15) is 5.26 Å². The van der Waals surface area contributed by atoms with E-state index in [0.29, 0.717) is 23.7 Å². The number of piperazine rings is 1. The predicted molar refractivity (Wildman–Crippen MR) is 61.4 cm³/mol. The van der Waals surface area contributed by atoms with Crippen molar-refractivity contribution in [3.8, 4) is 6.07 Å². The molecule has 82 valence electrons. The van der Waals surface area contributed by atoms with Crippen molar-refractivity contribution >= 4 is 23.2 Å². The van der Waals surface area contributed by atoms with E-state index in [1.807, 2.05) is 11.0 Å². The fourth-order valence-electron chi connectivity index (χ4n) is 1.73. The molecule has 0 spiro atoms. The second-order valence-corrected chi connectivity index (χ2v) is 3.92. The van der Waals surface area contributed by atoms with E-state index in [1.54, 1.807) is 12.1 Å². The summed E-state index contributed by atoms with van der Waals surface area (Å²) in [6.45, 7) is 1.56. The van der Waals surface area contributed by atoms with E-state index in [0.717, 1.165) is 5.69 Å². The number of nitrogens with zero attached hydrogens (tertiary/aromatic N) is 2. The maximum absolute atomic E-state index is 11.3. The summed E-state index contributed by atoms with van der Waals surface area (Å²) >= 11 is 5.94. The molecule has 1 heterocycles. The van der Waals surface area contributed by atoms with Gasteiger partial charge in [0.1, 0.15) is 6.07 Å². The van der Waals surface area contributed by atoms with Gasteiger partial charge in [-0.1, -0.05) is 17.7 Å². The standard InChI is InChI=1S/C11H10ClN3O/c12-9-2-1-3-10(8(9)6-13)15-5-4-14-11(16)7-15/h1-3H,4-5,7H2,(H,14,16). The fourth-order valence-corrected chi connectivity index (χ4v) is 1.94. The van der Waals surface area contributed by atoms with Crippen LogP contribution in [0.5, 0.6) is 0 Å². The van der Waals surface area contributed by atoms with Crippen molar-refractivity contribution in [3.05, 3.63) is 28.8 Å². The van der Waals surface area contributed by atoms with Crippen LogP contribution in [0, 0.1) is 11.3 Å². The van der Waals surface area contributed by atoms with E-state index in [9.17, 15) is 4.79 Å². The summed E-state index contributed by atoms with van der Waals surface area (Å²) in [7, 11) is 0. The lowest BCUT2D eigenvalue weighted by molar-refractivity contribution is -0.120. The Labute approximate surface area is 98.4 Å². The number of rotatable bonds is 1. The Morgan fingerprint density at radius 1 is 1.50 bits per heavy atom. The second kappa shape index (κ2) is 4.42. The normalized spacial score (nSPS) is 15.5. The number of hydrogen-bond donors (Lipinski definition) is 1. The van der Waals surface area contributed by atoms with E-state index in [4.69, 9.17) is 16.9 Å². The number of carbonyl (C=O) groups excluding carboxylic acids is 1. The first kappa shape index (κ1) is 10.8. The lowest BCUT2D eigenvalue weighted by atomic mass is 10.1. The number of anilines is 1. The monoisotopic (exact) mass is 235 g/mol. The van der Waals surface area contributed by atoms with Crippen LogP contribution in [0.3, 0.4) is 0 Å². The predicted octanol–water partition coefficient (Wildman–Crippen LogP) is 1.15. The third-order valence-electron chi connectivity index (χ3n) is 2.48. The van der Waals surface area contributed by atoms with Gasteiger partial charge in [-0.15, -0.1) is 0 Å². The molecule has 1 aromatic carbocycles. The SMILES string of the molecule is N#Cc1c(Cl)cccc1N1CCNC(=O)C1. The molecule has 2 rings (SSSR count). The molecule has 1 fully saturated rings. The van der Waals surface area contributed by atoms with Crippen molar-refractivity contribution in [2.45, 2.75) is 0 Å². The first-order valence-electron chi connectivity index (χ1n) is 4.92. The number of benzene rings is 1. The van der Waals surface area contributed by atoms with Gasteiger partial charge in [-0.25, -0.2) is 0 Å². The van der Waals surface area contributed by atoms with Gasteiger partial charge in [0.05, 0.1) is 22.8 Å². The fraction of sp³-hybridized carbons (Fsp3) is 0.273. The van der Waals surface area contributed by atoms with Crippen LogP contribution in [0.2, 0.25) is 5.02 Å². The van der Waals surface area contributed by atoms with E-state index < -0.39 is 0 Å². The van der Waals surface area contributed by atoms with E-state index in [-0.39, 0.29) is 12.5 Å². The lowest BCUT2D eigenvalue weighted by Crippen LogP contribution is -2.47. The zero-order valence-electron chi connectivity index (χ0n) is 8.53. The smallest absolute Gasteiger partial charge is 0.239 e. The van der Waals surface area contributed by atoms with Gasteiger partial charge >= 0.3 is 0 Å². The lowest BCUT2D eigenvalue weighted by Gasteiger charge is -2.29. The van der Waals surface area contributed by atoms with Gasteiger partial charge in [0.15, 0.2) is 0 Å². The highest BCUT2D eigenvalue weighted by Gasteiger charge is 2.19. The molecule has 0 bridgehead atoms. The molecule has 0 radical (unpaired) electrons. The molecule has 1 saturated heterocycles. The summed E-state index contributed by atoms with van der Waals surface area (Å²) in [6.07, 6.45) is 0. The first-order chi connectivity index (χ1) is 7.72. The minimum absolute atomic E-state index is 0.0323. The van der Waals surface area contributed by atoms with Crippen molar-refractivity contribution < 1.29 is 4.79 Å². The summed E-state index contributed by atoms with van der Waals surface area (Å²) in [5, 5.41) is 12.2. The van der Waals surface area contributed by atoms with E-state index >= 15 is 0 Å². The van der Waals surface area contributed by atoms with Crippen LogP contribution in [0.4, 0.5) is 5.69 Å². The topological polar surface area (TPSA) is 56.1 Å². The second-order valence-electron chi connectivity index (χ2n) is 3.52. The van der Waals surface area contributed by atoms with Crippen molar-refractivity contribution in [3.63, 3.8) is 0 Å². The van der Waals surface area contributed by atoms with Crippen LogP contribution in [-0.2, 0) is 4.79 Å². The van der Waals surface area contributed by atoms with Gasteiger partial charge in [-0.3, -0.25) is 4.79 Å². The number of amides is 1. The molecule has 1 aliphatic rings. The quantitative estimate of drug-likeness (QED) is 0.795. The molecule has 0 saturated carbocycles. The number of hydrogen-bond acceptors (Lipinski definition) is 3. The molecule has 1 amide bonds. The van der Waals surface area contributed by atoms with Crippen molar-refractivity contribution in [1.82, 2.24) is 5.32 Å². The zero-order valence-corrected chi connectivity index (χ0v) is 9.29. The summed E-state index contributed by atoms with van der Waals surface area (Å²) in [5.41, 5.74) is 1.16. The highest BCUT2D eigenvalue weighted by Crippen LogP contribution is 2.26. The van der Waals surface area contributed by atoms with E-state index in [2.05, 4.69) is 11.4 Å². The van der Waals surface area contributed by atoms with Crippen molar-refractivity contribution in [2.75, 3.05) is 24.5 Å². The number of nitrogens with one attached hydrogen (secondary N) is 1.